The second-order valence-corrected chi connectivity index (χ2v) is 2.73. The average Bonchev–Trinajstić information content (AvgIpc) is 2.15. The summed E-state index contributed by atoms with van der Waals surface area (Å²) in [4.78, 5) is 3.20. The monoisotopic (exact) mass is 206 g/mol. The molecule has 1 atom stereocenters. The Balaban J connectivity index is 3.16. The molecule has 3 nitrogen and oxygen atoms in total. The highest BCUT2D eigenvalue weighted by Gasteiger charge is 2.36. The number of rotatable bonds is 2. The van der Waals surface area contributed by atoms with E-state index in [0.29, 0.717) is 0 Å². The largest absolute Gasteiger partial charge is 0.433 e. The predicted octanol–water partition coefficient (Wildman–Crippen LogP) is 1.09. The number of nitrogens with two attached hydrogens (primary N) is 1. The first-order chi connectivity index (χ1) is 6.46. The van der Waals surface area contributed by atoms with E-state index < -0.39 is 24.5 Å². The molecule has 1 rings (SSSR count). The van der Waals surface area contributed by atoms with Gasteiger partial charge in [0.15, 0.2) is 0 Å². The van der Waals surface area contributed by atoms with E-state index in [9.17, 15) is 13.2 Å². The fourth-order valence-corrected chi connectivity index (χ4v) is 1.05. The number of aliphatic hydroxyl groups excluding tert-OH is 1. The summed E-state index contributed by atoms with van der Waals surface area (Å²) in [6.07, 6.45) is -3.50. The van der Waals surface area contributed by atoms with E-state index in [2.05, 4.69) is 4.98 Å². The van der Waals surface area contributed by atoms with Crippen LogP contribution in [0.5, 0.6) is 0 Å². The molecule has 0 aliphatic heterocycles. The van der Waals surface area contributed by atoms with Gasteiger partial charge in [0.25, 0.3) is 0 Å². The van der Waals surface area contributed by atoms with Crippen LogP contribution in [-0.4, -0.2) is 16.7 Å². The van der Waals surface area contributed by atoms with Crippen LogP contribution in [0.15, 0.2) is 18.3 Å². The Morgan fingerprint density at radius 3 is 2.64 bits per heavy atom. The zero-order valence-corrected chi connectivity index (χ0v) is 7.12. The summed E-state index contributed by atoms with van der Waals surface area (Å²) in [5.41, 5.74) is 4.07. The number of aliphatic hydroxyl groups is 1. The summed E-state index contributed by atoms with van der Waals surface area (Å²) in [7, 11) is 0. The molecule has 0 saturated carbocycles. The average molecular weight is 206 g/mol. The molecule has 1 heterocycles. The Bertz CT molecular complexity index is 314. The fraction of sp³-hybridized carbons (Fsp3) is 0.375. The van der Waals surface area contributed by atoms with Crippen LogP contribution in [0.3, 0.4) is 0 Å². The van der Waals surface area contributed by atoms with Crippen LogP contribution in [0.1, 0.15) is 17.3 Å². The number of hydrogen-bond acceptors (Lipinski definition) is 3. The molecular formula is C8H9F3N2O. The number of hydrogen-bond donors (Lipinski definition) is 2. The Labute approximate surface area is 78.4 Å². The third-order valence-electron chi connectivity index (χ3n) is 1.70. The number of halogens is 3. The lowest BCUT2D eigenvalue weighted by atomic mass is 10.1. The SMILES string of the molecule is N[C@@H](CO)c1cccnc1C(F)(F)F. The maximum atomic E-state index is 12.3. The van der Waals surface area contributed by atoms with Crippen LogP contribution in [-0.2, 0) is 6.18 Å². The van der Waals surface area contributed by atoms with Crippen LogP contribution >= 0.6 is 0 Å². The van der Waals surface area contributed by atoms with Gasteiger partial charge in [-0.3, -0.25) is 4.98 Å². The first-order valence-corrected chi connectivity index (χ1v) is 3.85. The highest BCUT2D eigenvalue weighted by Crippen LogP contribution is 2.31. The van der Waals surface area contributed by atoms with Gasteiger partial charge in [0, 0.05) is 11.8 Å². The van der Waals surface area contributed by atoms with Crippen LogP contribution in [0.2, 0.25) is 0 Å². The first kappa shape index (κ1) is 10.9. The highest BCUT2D eigenvalue weighted by atomic mass is 19.4. The minimum atomic E-state index is -4.54. The Hall–Kier alpha value is -1.14. The first-order valence-electron chi connectivity index (χ1n) is 3.85. The van der Waals surface area contributed by atoms with Gasteiger partial charge in [-0.25, -0.2) is 0 Å². The van der Waals surface area contributed by atoms with Crippen LogP contribution < -0.4 is 5.73 Å². The minimum absolute atomic E-state index is 0.192. The standard InChI is InChI=1S/C8H9F3N2O/c9-8(10,11)7-5(6(12)4-14)2-1-3-13-7/h1-3,6,14H,4,12H2/t6-/m0/s1. The molecule has 0 bridgehead atoms. The number of alkyl halides is 3. The molecule has 0 fully saturated rings. The van der Waals surface area contributed by atoms with Crippen LogP contribution in [0, 0.1) is 0 Å². The molecule has 0 spiro atoms. The predicted molar refractivity (Wildman–Crippen MR) is 43.3 cm³/mol. The number of pyridine rings is 1. The summed E-state index contributed by atoms with van der Waals surface area (Å²) >= 11 is 0. The van der Waals surface area contributed by atoms with Crippen molar-refractivity contribution in [1.82, 2.24) is 4.98 Å². The molecular weight excluding hydrogens is 197 g/mol. The van der Waals surface area contributed by atoms with Crippen molar-refractivity contribution in [2.45, 2.75) is 12.2 Å². The van der Waals surface area contributed by atoms with E-state index in [0.717, 1.165) is 6.20 Å². The summed E-state index contributed by atoms with van der Waals surface area (Å²) < 4.78 is 37.0. The molecule has 0 saturated heterocycles. The molecule has 3 N–H and O–H groups in total. The summed E-state index contributed by atoms with van der Waals surface area (Å²) in [5.74, 6) is 0. The second kappa shape index (κ2) is 3.93. The fourth-order valence-electron chi connectivity index (χ4n) is 1.05. The Morgan fingerprint density at radius 1 is 1.50 bits per heavy atom. The van der Waals surface area contributed by atoms with E-state index in [1.54, 1.807) is 0 Å². The van der Waals surface area contributed by atoms with Crippen LogP contribution in [0.4, 0.5) is 13.2 Å². The van der Waals surface area contributed by atoms with Gasteiger partial charge >= 0.3 is 6.18 Å². The summed E-state index contributed by atoms with van der Waals surface area (Å²) in [6.45, 7) is -0.547. The molecule has 0 amide bonds. The molecule has 0 aliphatic carbocycles. The lowest BCUT2D eigenvalue weighted by molar-refractivity contribution is -0.142. The molecule has 1 aromatic rings. The van der Waals surface area contributed by atoms with Gasteiger partial charge < -0.3 is 10.8 Å². The molecule has 78 valence electrons. The summed E-state index contributed by atoms with van der Waals surface area (Å²) in [5, 5.41) is 8.66. The minimum Gasteiger partial charge on any atom is -0.394 e. The summed E-state index contributed by atoms with van der Waals surface area (Å²) in [6, 6.07) is 1.50. The third kappa shape index (κ3) is 2.21. The smallest absolute Gasteiger partial charge is 0.394 e. The van der Waals surface area contributed by atoms with E-state index >= 15 is 0 Å². The van der Waals surface area contributed by atoms with E-state index in [-0.39, 0.29) is 5.56 Å². The molecule has 0 radical (unpaired) electrons. The van der Waals surface area contributed by atoms with Crippen molar-refractivity contribution in [2.24, 2.45) is 5.73 Å². The quantitative estimate of drug-likeness (QED) is 0.761. The van der Waals surface area contributed by atoms with Gasteiger partial charge in [0.05, 0.1) is 12.6 Å². The van der Waals surface area contributed by atoms with E-state index in [1.165, 1.54) is 12.1 Å². The second-order valence-electron chi connectivity index (χ2n) is 2.73. The lowest BCUT2D eigenvalue weighted by Crippen LogP contribution is -2.21. The molecule has 0 aliphatic rings. The van der Waals surface area contributed by atoms with Gasteiger partial charge in [-0.2, -0.15) is 13.2 Å². The van der Waals surface area contributed by atoms with Crippen molar-refractivity contribution in [3.8, 4) is 0 Å². The molecule has 0 unspecified atom stereocenters. The van der Waals surface area contributed by atoms with Crippen molar-refractivity contribution < 1.29 is 18.3 Å². The highest BCUT2D eigenvalue weighted by molar-refractivity contribution is 5.25. The maximum absolute atomic E-state index is 12.3. The van der Waals surface area contributed by atoms with Gasteiger partial charge in [0.2, 0.25) is 0 Å². The van der Waals surface area contributed by atoms with Gasteiger partial charge in [-0.05, 0) is 6.07 Å². The van der Waals surface area contributed by atoms with Gasteiger partial charge in [-0.15, -0.1) is 0 Å². The topological polar surface area (TPSA) is 59.1 Å². The van der Waals surface area contributed by atoms with Crippen molar-refractivity contribution >= 4 is 0 Å². The van der Waals surface area contributed by atoms with Crippen molar-refractivity contribution in [2.75, 3.05) is 6.61 Å². The van der Waals surface area contributed by atoms with Crippen molar-refractivity contribution in [3.05, 3.63) is 29.6 Å². The molecule has 0 aromatic carbocycles. The molecule has 14 heavy (non-hydrogen) atoms. The molecule has 1 aromatic heterocycles. The zero-order valence-electron chi connectivity index (χ0n) is 7.12. The van der Waals surface area contributed by atoms with E-state index in [1.807, 2.05) is 0 Å². The van der Waals surface area contributed by atoms with Crippen LogP contribution in [0.25, 0.3) is 0 Å². The van der Waals surface area contributed by atoms with Gasteiger partial charge in [-0.1, -0.05) is 6.07 Å². The Kier molecular flexibility index (Phi) is 3.07. The van der Waals surface area contributed by atoms with Crippen molar-refractivity contribution in [1.29, 1.82) is 0 Å². The zero-order chi connectivity index (χ0) is 10.8. The molecule has 6 heteroatoms. The lowest BCUT2D eigenvalue weighted by Gasteiger charge is -2.14. The van der Waals surface area contributed by atoms with E-state index in [4.69, 9.17) is 10.8 Å². The van der Waals surface area contributed by atoms with Gasteiger partial charge in [0.1, 0.15) is 5.69 Å². The normalized spacial score (nSPS) is 14.1. The number of nitrogens with zero attached hydrogens (tertiary/aromatic N) is 1. The Morgan fingerprint density at radius 2 is 2.14 bits per heavy atom. The number of aromatic nitrogens is 1. The third-order valence-corrected chi connectivity index (χ3v) is 1.70. The maximum Gasteiger partial charge on any atom is 0.433 e. The van der Waals surface area contributed by atoms with Crippen molar-refractivity contribution in [3.63, 3.8) is 0 Å².